The molecule has 0 spiro atoms. The van der Waals surface area contributed by atoms with Gasteiger partial charge in [0.1, 0.15) is 5.82 Å². The van der Waals surface area contributed by atoms with E-state index in [-0.39, 0.29) is 0 Å². The number of carbonyl (C=O) groups is 1. The monoisotopic (exact) mass is 269 g/mol. The molecule has 1 aliphatic heterocycles. The number of hydrogen-bond donors (Lipinski definition) is 0. The fourth-order valence-corrected chi connectivity index (χ4v) is 2.74. The van der Waals surface area contributed by atoms with Crippen molar-refractivity contribution in [2.75, 3.05) is 37.6 Å². The van der Waals surface area contributed by atoms with Gasteiger partial charge in [0.15, 0.2) is 6.29 Å². The van der Waals surface area contributed by atoms with E-state index in [0.29, 0.717) is 5.56 Å². The molecule has 2 heterocycles. The molecule has 20 heavy (non-hydrogen) atoms. The number of likely N-dealkylation sites (N-methyl/N-ethyl adjacent to an activating group) is 1. The van der Waals surface area contributed by atoms with Crippen molar-refractivity contribution in [3.8, 4) is 0 Å². The standard InChI is InChI=1S/C16H19N3O/c1-2-18-7-9-19(10-8-18)16-14(12-20)11-13-5-3-4-6-15(13)17-16/h3-6,11-12H,2,7-10H2,1H3. The minimum absolute atomic E-state index is 0.689. The highest BCUT2D eigenvalue weighted by molar-refractivity contribution is 5.91. The highest BCUT2D eigenvalue weighted by Gasteiger charge is 2.19. The van der Waals surface area contributed by atoms with Gasteiger partial charge < -0.3 is 9.80 Å². The van der Waals surface area contributed by atoms with E-state index in [9.17, 15) is 4.79 Å². The fourth-order valence-electron chi connectivity index (χ4n) is 2.74. The van der Waals surface area contributed by atoms with Gasteiger partial charge in [0.05, 0.1) is 11.1 Å². The Kier molecular flexibility index (Phi) is 3.65. The van der Waals surface area contributed by atoms with E-state index in [1.807, 2.05) is 30.3 Å². The summed E-state index contributed by atoms with van der Waals surface area (Å²) < 4.78 is 0. The predicted molar refractivity (Wildman–Crippen MR) is 81.5 cm³/mol. The third kappa shape index (κ3) is 2.39. The summed E-state index contributed by atoms with van der Waals surface area (Å²) in [6.07, 6.45) is 0.918. The molecular formula is C16H19N3O. The maximum absolute atomic E-state index is 11.4. The zero-order valence-electron chi connectivity index (χ0n) is 11.7. The van der Waals surface area contributed by atoms with E-state index in [2.05, 4.69) is 16.7 Å². The maximum Gasteiger partial charge on any atom is 0.153 e. The lowest BCUT2D eigenvalue weighted by Crippen LogP contribution is -2.46. The molecule has 0 aliphatic carbocycles. The number of aromatic nitrogens is 1. The van der Waals surface area contributed by atoms with E-state index in [1.165, 1.54) is 0 Å². The van der Waals surface area contributed by atoms with Crippen molar-refractivity contribution < 1.29 is 4.79 Å². The number of para-hydroxylation sites is 1. The maximum atomic E-state index is 11.4. The van der Waals surface area contributed by atoms with Crippen molar-refractivity contribution in [2.24, 2.45) is 0 Å². The Labute approximate surface area is 119 Å². The molecule has 1 aromatic heterocycles. The van der Waals surface area contributed by atoms with Crippen LogP contribution in [0.5, 0.6) is 0 Å². The lowest BCUT2D eigenvalue weighted by Gasteiger charge is -2.35. The van der Waals surface area contributed by atoms with Crippen molar-refractivity contribution in [1.29, 1.82) is 0 Å². The Morgan fingerprint density at radius 2 is 1.95 bits per heavy atom. The third-order valence-corrected chi connectivity index (χ3v) is 3.98. The lowest BCUT2D eigenvalue weighted by molar-refractivity contribution is 0.112. The fraction of sp³-hybridized carbons (Fsp3) is 0.375. The number of nitrogens with zero attached hydrogens (tertiary/aromatic N) is 3. The molecule has 0 amide bonds. The largest absolute Gasteiger partial charge is 0.353 e. The van der Waals surface area contributed by atoms with Gasteiger partial charge >= 0.3 is 0 Å². The van der Waals surface area contributed by atoms with Crippen LogP contribution in [0.4, 0.5) is 5.82 Å². The van der Waals surface area contributed by atoms with Gasteiger partial charge in [-0.05, 0) is 18.7 Å². The summed E-state index contributed by atoms with van der Waals surface area (Å²) in [5.41, 5.74) is 1.64. The number of aldehydes is 1. The Morgan fingerprint density at radius 1 is 1.20 bits per heavy atom. The molecule has 0 saturated carbocycles. The molecule has 4 nitrogen and oxygen atoms in total. The van der Waals surface area contributed by atoms with Crippen LogP contribution in [0.2, 0.25) is 0 Å². The van der Waals surface area contributed by atoms with Gasteiger partial charge in [-0.2, -0.15) is 0 Å². The molecule has 1 saturated heterocycles. The Morgan fingerprint density at radius 3 is 2.65 bits per heavy atom. The molecule has 0 N–H and O–H groups in total. The van der Waals surface area contributed by atoms with Crippen LogP contribution < -0.4 is 4.90 Å². The predicted octanol–water partition coefficient (Wildman–Crippen LogP) is 2.19. The Hall–Kier alpha value is -1.94. The minimum atomic E-state index is 0.689. The first-order valence-electron chi connectivity index (χ1n) is 7.14. The number of piperazine rings is 1. The zero-order chi connectivity index (χ0) is 13.9. The van der Waals surface area contributed by atoms with E-state index in [4.69, 9.17) is 4.98 Å². The third-order valence-electron chi connectivity index (χ3n) is 3.98. The summed E-state index contributed by atoms with van der Waals surface area (Å²) in [5, 5.41) is 1.02. The van der Waals surface area contributed by atoms with Gasteiger partial charge in [0.2, 0.25) is 0 Å². The first-order valence-corrected chi connectivity index (χ1v) is 7.14. The molecule has 104 valence electrons. The summed E-state index contributed by atoms with van der Waals surface area (Å²) in [7, 11) is 0. The smallest absolute Gasteiger partial charge is 0.153 e. The van der Waals surface area contributed by atoms with E-state index in [1.54, 1.807) is 0 Å². The molecule has 1 aliphatic rings. The van der Waals surface area contributed by atoms with Crippen molar-refractivity contribution in [2.45, 2.75) is 6.92 Å². The van der Waals surface area contributed by atoms with Crippen molar-refractivity contribution in [3.63, 3.8) is 0 Å². The van der Waals surface area contributed by atoms with Crippen LogP contribution in [-0.4, -0.2) is 48.9 Å². The Bertz CT molecular complexity index is 618. The van der Waals surface area contributed by atoms with Gasteiger partial charge in [0, 0.05) is 31.6 Å². The number of rotatable bonds is 3. The Balaban J connectivity index is 1.96. The van der Waals surface area contributed by atoms with Gasteiger partial charge in [-0.3, -0.25) is 4.79 Å². The molecule has 1 aromatic carbocycles. The van der Waals surface area contributed by atoms with Gasteiger partial charge in [-0.1, -0.05) is 25.1 Å². The highest BCUT2D eigenvalue weighted by atomic mass is 16.1. The van der Waals surface area contributed by atoms with E-state index in [0.717, 1.165) is 55.7 Å². The van der Waals surface area contributed by atoms with Crippen LogP contribution in [0, 0.1) is 0 Å². The van der Waals surface area contributed by atoms with Crippen LogP contribution in [0.25, 0.3) is 10.9 Å². The molecule has 0 unspecified atom stereocenters. The van der Waals surface area contributed by atoms with Crippen LogP contribution in [0.15, 0.2) is 30.3 Å². The molecule has 0 radical (unpaired) electrons. The van der Waals surface area contributed by atoms with Crippen LogP contribution in [-0.2, 0) is 0 Å². The highest BCUT2D eigenvalue weighted by Crippen LogP contribution is 2.23. The average Bonchev–Trinajstić information content (AvgIpc) is 2.53. The second-order valence-electron chi connectivity index (χ2n) is 5.13. The van der Waals surface area contributed by atoms with E-state index >= 15 is 0 Å². The summed E-state index contributed by atoms with van der Waals surface area (Å²) in [6, 6.07) is 9.88. The minimum Gasteiger partial charge on any atom is -0.353 e. The van der Waals surface area contributed by atoms with Crippen molar-refractivity contribution in [1.82, 2.24) is 9.88 Å². The van der Waals surface area contributed by atoms with Crippen LogP contribution in [0.3, 0.4) is 0 Å². The molecule has 2 aromatic rings. The number of fused-ring (bicyclic) bond motifs is 1. The molecular weight excluding hydrogens is 250 g/mol. The van der Waals surface area contributed by atoms with Crippen LogP contribution in [0.1, 0.15) is 17.3 Å². The number of anilines is 1. The lowest BCUT2D eigenvalue weighted by atomic mass is 10.1. The topological polar surface area (TPSA) is 36.4 Å². The average molecular weight is 269 g/mol. The quantitative estimate of drug-likeness (QED) is 0.800. The van der Waals surface area contributed by atoms with Gasteiger partial charge in [-0.25, -0.2) is 4.98 Å². The van der Waals surface area contributed by atoms with Gasteiger partial charge in [0.25, 0.3) is 0 Å². The normalized spacial score (nSPS) is 16.6. The first kappa shape index (κ1) is 13.1. The zero-order valence-corrected chi connectivity index (χ0v) is 11.7. The second kappa shape index (κ2) is 5.59. The van der Waals surface area contributed by atoms with Crippen molar-refractivity contribution >= 4 is 23.0 Å². The summed E-state index contributed by atoms with van der Waals surface area (Å²) in [6.45, 7) is 7.19. The summed E-state index contributed by atoms with van der Waals surface area (Å²) >= 11 is 0. The molecule has 0 bridgehead atoms. The summed E-state index contributed by atoms with van der Waals surface area (Å²) in [5.74, 6) is 0.828. The SMILES string of the molecule is CCN1CCN(c2nc3ccccc3cc2C=O)CC1. The second-order valence-corrected chi connectivity index (χ2v) is 5.13. The molecule has 3 rings (SSSR count). The summed E-state index contributed by atoms with van der Waals surface area (Å²) in [4.78, 5) is 20.7. The van der Waals surface area contributed by atoms with E-state index < -0.39 is 0 Å². The molecule has 0 atom stereocenters. The number of pyridine rings is 1. The number of carbonyl (C=O) groups excluding carboxylic acids is 1. The van der Waals surface area contributed by atoms with Crippen molar-refractivity contribution in [3.05, 3.63) is 35.9 Å². The molecule has 4 heteroatoms. The number of benzene rings is 1. The van der Waals surface area contributed by atoms with Gasteiger partial charge in [-0.15, -0.1) is 0 Å². The van der Waals surface area contributed by atoms with Crippen LogP contribution >= 0.6 is 0 Å². The first-order chi connectivity index (χ1) is 9.81. The molecule has 1 fully saturated rings. The number of hydrogen-bond acceptors (Lipinski definition) is 4.